The molecule has 0 radical (unpaired) electrons. The fourth-order valence-electron chi connectivity index (χ4n) is 1.36. The van der Waals surface area contributed by atoms with Crippen LogP contribution < -0.4 is 16.6 Å². The summed E-state index contributed by atoms with van der Waals surface area (Å²) in [4.78, 5) is 8.34. The summed E-state index contributed by atoms with van der Waals surface area (Å²) in [5.74, 6) is 6.84. The molecule has 0 unspecified atom stereocenters. The molecule has 1 heterocycles. The summed E-state index contributed by atoms with van der Waals surface area (Å²) >= 11 is 0. The van der Waals surface area contributed by atoms with Gasteiger partial charge in [0.25, 0.3) is 0 Å². The Hall–Kier alpha value is -1.67. The summed E-state index contributed by atoms with van der Waals surface area (Å²) in [6.45, 7) is 2.17. The maximum Gasteiger partial charge on any atom is 0.205 e. The van der Waals surface area contributed by atoms with Crippen molar-refractivity contribution >= 4 is 5.96 Å². The number of methoxy groups -OCH3 is 1. The molecule has 0 aliphatic rings. The molecule has 0 aromatic carbocycles. The Bertz CT molecular complexity index is 325. The number of nitrogens with one attached hydrogen (secondary N) is 3. The molecule has 0 aliphatic heterocycles. The van der Waals surface area contributed by atoms with Crippen LogP contribution in [0.4, 0.5) is 0 Å². The maximum atomic E-state index is 5.36. The van der Waals surface area contributed by atoms with Crippen LogP contribution in [0.25, 0.3) is 0 Å². The highest BCUT2D eigenvalue weighted by atomic mass is 16.5. The quantitative estimate of drug-likeness (QED) is 0.159. The molecule has 0 aliphatic carbocycles. The van der Waals surface area contributed by atoms with Gasteiger partial charge in [0.1, 0.15) is 12.2 Å². The molecule has 1 aromatic heterocycles. The lowest BCUT2D eigenvalue weighted by molar-refractivity contribution is 0.195. The highest BCUT2D eigenvalue weighted by molar-refractivity contribution is 5.79. The highest BCUT2D eigenvalue weighted by Gasteiger charge is 1.97. The predicted octanol–water partition coefficient (Wildman–Crippen LogP) is -0.817. The van der Waals surface area contributed by atoms with E-state index >= 15 is 0 Å². The van der Waals surface area contributed by atoms with Gasteiger partial charge in [0.15, 0.2) is 0 Å². The molecular formula is C10H21N7O. The topological polar surface area (TPSA) is 113 Å². The molecule has 0 fully saturated rings. The van der Waals surface area contributed by atoms with Gasteiger partial charge in [-0.3, -0.25) is 15.5 Å². The molecule has 8 heteroatoms. The van der Waals surface area contributed by atoms with Crippen LogP contribution in [0.1, 0.15) is 18.7 Å². The summed E-state index contributed by atoms with van der Waals surface area (Å²) in [6, 6.07) is 0. The van der Waals surface area contributed by atoms with Crippen molar-refractivity contribution in [3.63, 3.8) is 0 Å². The van der Waals surface area contributed by atoms with Gasteiger partial charge < -0.3 is 10.1 Å². The summed E-state index contributed by atoms with van der Waals surface area (Å²) in [5, 5.41) is 9.69. The van der Waals surface area contributed by atoms with Crippen LogP contribution >= 0.6 is 0 Å². The fraction of sp³-hybridized carbons (Fsp3) is 0.700. The van der Waals surface area contributed by atoms with Crippen molar-refractivity contribution < 1.29 is 4.74 Å². The Morgan fingerprint density at radius 3 is 3.11 bits per heavy atom. The van der Waals surface area contributed by atoms with E-state index in [2.05, 4.69) is 30.9 Å². The van der Waals surface area contributed by atoms with Gasteiger partial charge in [-0.2, -0.15) is 5.10 Å². The minimum absolute atomic E-state index is 0.601. The van der Waals surface area contributed by atoms with E-state index in [1.165, 1.54) is 6.33 Å². The molecule has 0 saturated carbocycles. The summed E-state index contributed by atoms with van der Waals surface area (Å²) in [7, 11) is 1.68. The van der Waals surface area contributed by atoms with Gasteiger partial charge in [0, 0.05) is 33.2 Å². The van der Waals surface area contributed by atoms with Crippen molar-refractivity contribution in [1.29, 1.82) is 0 Å². The lowest BCUT2D eigenvalue weighted by Crippen LogP contribution is -2.42. The zero-order valence-electron chi connectivity index (χ0n) is 10.6. The van der Waals surface area contributed by atoms with Crippen LogP contribution in [0.2, 0.25) is 0 Å². The van der Waals surface area contributed by atoms with E-state index < -0.39 is 0 Å². The smallest absolute Gasteiger partial charge is 0.205 e. The van der Waals surface area contributed by atoms with Gasteiger partial charge >= 0.3 is 0 Å². The number of aromatic nitrogens is 3. The van der Waals surface area contributed by atoms with E-state index in [1.807, 2.05) is 0 Å². The van der Waals surface area contributed by atoms with Crippen LogP contribution in [0.5, 0.6) is 0 Å². The highest BCUT2D eigenvalue weighted by Crippen LogP contribution is 1.93. The van der Waals surface area contributed by atoms with Gasteiger partial charge in [0.2, 0.25) is 5.96 Å². The molecule has 0 spiro atoms. The average molecular weight is 255 g/mol. The number of guanidine groups is 1. The maximum absolute atomic E-state index is 5.36. The number of aromatic amines is 1. The first kappa shape index (κ1) is 14.4. The van der Waals surface area contributed by atoms with E-state index in [-0.39, 0.29) is 0 Å². The Labute approximate surface area is 106 Å². The molecule has 18 heavy (non-hydrogen) atoms. The van der Waals surface area contributed by atoms with Crippen molar-refractivity contribution in [2.75, 3.05) is 26.8 Å². The zero-order chi connectivity index (χ0) is 13.1. The van der Waals surface area contributed by atoms with E-state index in [9.17, 15) is 0 Å². The minimum Gasteiger partial charge on any atom is -0.385 e. The summed E-state index contributed by atoms with van der Waals surface area (Å²) in [5.41, 5.74) is 2.53. The van der Waals surface area contributed by atoms with E-state index in [0.717, 1.165) is 38.2 Å². The lowest BCUT2D eigenvalue weighted by atomic mass is 10.3. The second-order valence-corrected chi connectivity index (χ2v) is 3.68. The van der Waals surface area contributed by atoms with Gasteiger partial charge in [-0.15, -0.1) is 0 Å². The number of hydrogen-bond acceptors (Lipinski definition) is 5. The van der Waals surface area contributed by atoms with E-state index in [1.54, 1.807) is 7.11 Å². The van der Waals surface area contributed by atoms with Gasteiger partial charge in [-0.1, -0.05) is 0 Å². The first-order valence-electron chi connectivity index (χ1n) is 5.95. The molecule has 0 amide bonds. The number of hydrogen-bond donors (Lipinski definition) is 4. The molecule has 0 saturated heterocycles. The van der Waals surface area contributed by atoms with Crippen molar-refractivity contribution in [2.24, 2.45) is 10.8 Å². The largest absolute Gasteiger partial charge is 0.385 e. The Balaban J connectivity index is 2.13. The van der Waals surface area contributed by atoms with E-state index in [4.69, 9.17) is 10.6 Å². The number of rotatable bonds is 8. The molecule has 5 N–H and O–H groups in total. The molecule has 8 nitrogen and oxygen atoms in total. The van der Waals surface area contributed by atoms with Crippen LogP contribution in [0.3, 0.4) is 0 Å². The number of ether oxygens (including phenoxy) is 1. The number of aliphatic imine (C=N–C) groups is 1. The second-order valence-electron chi connectivity index (χ2n) is 3.68. The Morgan fingerprint density at radius 1 is 1.56 bits per heavy atom. The molecule has 1 aromatic rings. The summed E-state index contributed by atoms with van der Waals surface area (Å²) < 4.78 is 4.95. The number of aryl methyl sites for hydroxylation is 1. The third kappa shape index (κ3) is 6.16. The standard InChI is InChI=1S/C10H21N7O/c1-18-7-3-6-13-10(16-11)12-5-2-4-9-14-8-15-17-9/h8H,2-7,11H2,1H3,(H2,12,13,16)(H,14,15,17). The molecule has 0 atom stereocenters. The van der Waals surface area contributed by atoms with Crippen molar-refractivity contribution in [1.82, 2.24) is 25.9 Å². The Morgan fingerprint density at radius 2 is 2.44 bits per heavy atom. The van der Waals surface area contributed by atoms with Gasteiger partial charge in [-0.05, 0) is 12.8 Å². The number of H-pyrrole nitrogens is 1. The molecule has 102 valence electrons. The third-order valence-corrected chi connectivity index (χ3v) is 2.26. The number of nitrogens with zero attached hydrogens (tertiary/aromatic N) is 3. The average Bonchev–Trinajstić information content (AvgIpc) is 2.90. The molecule has 1 rings (SSSR count). The fourth-order valence-corrected chi connectivity index (χ4v) is 1.36. The zero-order valence-corrected chi connectivity index (χ0v) is 10.6. The van der Waals surface area contributed by atoms with Crippen molar-refractivity contribution in [2.45, 2.75) is 19.3 Å². The SMILES string of the molecule is COCCCNC(=NCCCc1ncn[nH]1)NN. The summed E-state index contributed by atoms with van der Waals surface area (Å²) in [6.07, 6.45) is 4.13. The minimum atomic E-state index is 0.601. The van der Waals surface area contributed by atoms with Crippen LogP contribution in [0.15, 0.2) is 11.3 Å². The normalized spacial score (nSPS) is 11.6. The first-order chi connectivity index (χ1) is 8.86. The van der Waals surface area contributed by atoms with Crippen LogP contribution in [0, 0.1) is 0 Å². The number of hydrazine groups is 1. The molecular weight excluding hydrogens is 234 g/mol. The lowest BCUT2D eigenvalue weighted by Gasteiger charge is -2.08. The van der Waals surface area contributed by atoms with Crippen molar-refractivity contribution in [3.8, 4) is 0 Å². The predicted molar refractivity (Wildman–Crippen MR) is 68.8 cm³/mol. The van der Waals surface area contributed by atoms with Crippen LogP contribution in [-0.2, 0) is 11.2 Å². The number of nitrogens with two attached hydrogens (primary N) is 1. The monoisotopic (exact) mass is 255 g/mol. The third-order valence-electron chi connectivity index (χ3n) is 2.26. The first-order valence-corrected chi connectivity index (χ1v) is 5.95. The van der Waals surface area contributed by atoms with Gasteiger partial charge in [0.05, 0.1) is 0 Å². The van der Waals surface area contributed by atoms with E-state index in [0.29, 0.717) is 12.5 Å². The van der Waals surface area contributed by atoms with Gasteiger partial charge in [-0.25, -0.2) is 10.8 Å². The molecule has 0 bridgehead atoms. The van der Waals surface area contributed by atoms with Crippen molar-refractivity contribution in [3.05, 3.63) is 12.2 Å². The Kier molecular flexibility index (Phi) is 7.49. The van der Waals surface area contributed by atoms with Crippen LogP contribution in [-0.4, -0.2) is 47.9 Å². The second kappa shape index (κ2) is 9.37.